The zero-order valence-corrected chi connectivity index (χ0v) is 16.7. The van der Waals surface area contributed by atoms with E-state index < -0.39 is 10.0 Å². The second-order valence-corrected chi connectivity index (χ2v) is 8.28. The van der Waals surface area contributed by atoms with Gasteiger partial charge in [-0.25, -0.2) is 8.42 Å². The van der Waals surface area contributed by atoms with Crippen molar-refractivity contribution in [1.29, 1.82) is 0 Å². The zero-order chi connectivity index (χ0) is 19.9. The van der Waals surface area contributed by atoms with Crippen molar-refractivity contribution in [1.82, 2.24) is 4.31 Å². The Labute approximate surface area is 161 Å². The molecule has 0 aliphatic heterocycles. The number of rotatable bonds is 9. The van der Waals surface area contributed by atoms with Gasteiger partial charge in [-0.2, -0.15) is 4.31 Å². The fourth-order valence-electron chi connectivity index (χ4n) is 2.62. The number of sulfonamides is 1. The van der Waals surface area contributed by atoms with Crippen molar-refractivity contribution in [2.45, 2.75) is 32.7 Å². The molecule has 0 saturated heterocycles. The van der Waals surface area contributed by atoms with E-state index in [0.717, 1.165) is 0 Å². The van der Waals surface area contributed by atoms with Gasteiger partial charge in [0.2, 0.25) is 15.9 Å². The van der Waals surface area contributed by atoms with Gasteiger partial charge in [-0.3, -0.25) is 4.79 Å². The molecule has 2 aromatic carbocycles. The number of nitrogens with one attached hydrogen (secondary N) is 1. The van der Waals surface area contributed by atoms with Gasteiger partial charge in [-0.05, 0) is 37.6 Å². The van der Waals surface area contributed by atoms with Crippen LogP contribution in [0.5, 0.6) is 11.5 Å². The molecule has 0 saturated carbocycles. The fraction of sp³-hybridized carbons (Fsp3) is 0.350. The first-order chi connectivity index (χ1) is 12.8. The van der Waals surface area contributed by atoms with Crippen LogP contribution in [0.2, 0.25) is 0 Å². The van der Waals surface area contributed by atoms with Crippen LogP contribution in [0.3, 0.4) is 0 Å². The average molecular weight is 391 g/mol. The molecule has 0 aromatic heterocycles. The van der Waals surface area contributed by atoms with Gasteiger partial charge in [0.15, 0.2) is 5.75 Å². The van der Waals surface area contributed by atoms with Crippen LogP contribution in [0.15, 0.2) is 54.6 Å². The highest BCUT2D eigenvalue weighted by Gasteiger charge is 2.22. The number of amides is 1. The predicted octanol–water partition coefficient (Wildman–Crippen LogP) is 3.87. The van der Waals surface area contributed by atoms with Gasteiger partial charge in [-0.1, -0.05) is 37.3 Å². The van der Waals surface area contributed by atoms with E-state index in [1.165, 1.54) is 10.6 Å². The number of benzene rings is 2. The van der Waals surface area contributed by atoms with E-state index in [9.17, 15) is 13.2 Å². The van der Waals surface area contributed by atoms with Crippen molar-refractivity contribution in [3.63, 3.8) is 0 Å². The molecular formula is C20H26N2O4S. The third-order valence-electron chi connectivity index (χ3n) is 4.20. The molecule has 2 aromatic rings. The lowest BCUT2D eigenvalue weighted by Crippen LogP contribution is -2.39. The SMILES string of the molecule is CCC(C)N(CCC(=O)Nc1ccccc1Oc1ccccc1)S(C)(=O)=O. The smallest absolute Gasteiger partial charge is 0.225 e. The first-order valence-corrected chi connectivity index (χ1v) is 10.7. The summed E-state index contributed by atoms with van der Waals surface area (Å²) in [5, 5.41) is 2.81. The van der Waals surface area contributed by atoms with Crippen molar-refractivity contribution in [2.75, 3.05) is 18.1 Å². The predicted molar refractivity (Wildman–Crippen MR) is 108 cm³/mol. The van der Waals surface area contributed by atoms with Gasteiger partial charge in [-0.15, -0.1) is 0 Å². The summed E-state index contributed by atoms with van der Waals surface area (Å²) in [5.41, 5.74) is 0.542. The number of ether oxygens (including phenoxy) is 1. The second-order valence-electron chi connectivity index (χ2n) is 6.34. The number of nitrogens with zero attached hydrogens (tertiary/aromatic N) is 1. The van der Waals surface area contributed by atoms with Crippen molar-refractivity contribution in [2.24, 2.45) is 0 Å². The van der Waals surface area contributed by atoms with E-state index in [4.69, 9.17) is 4.74 Å². The summed E-state index contributed by atoms with van der Waals surface area (Å²) in [6.07, 6.45) is 1.92. The molecule has 6 nitrogen and oxygen atoms in total. The Balaban J connectivity index is 2.03. The Bertz CT molecular complexity index is 853. The molecule has 0 fully saturated rings. The third-order valence-corrected chi connectivity index (χ3v) is 5.59. The molecule has 146 valence electrons. The van der Waals surface area contributed by atoms with E-state index in [-0.39, 0.29) is 24.9 Å². The number of anilines is 1. The Morgan fingerprint density at radius 3 is 2.37 bits per heavy atom. The van der Waals surface area contributed by atoms with Crippen LogP contribution in [-0.4, -0.2) is 37.5 Å². The van der Waals surface area contributed by atoms with Crippen molar-refractivity contribution < 1.29 is 17.9 Å². The van der Waals surface area contributed by atoms with Crippen LogP contribution < -0.4 is 10.1 Å². The topological polar surface area (TPSA) is 75.7 Å². The molecule has 2 rings (SSSR count). The molecule has 1 amide bonds. The highest BCUT2D eigenvalue weighted by atomic mass is 32.2. The molecule has 0 aliphatic rings. The largest absolute Gasteiger partial charge is 0.455 e. The maximum atomic E-state index is 12.4. The van der Waals surface area contributed by atoms with Crippen LogP contribution in [0.1, 0.15) is 26.7 Å². The maximum absolute atomic E-state index is 12.4. The number of carbonyl (C=O) groups is 1. The summed E-state index contributed by atoms with van der Waals surface area (Å²) in [4.78, 5) is 12.4. The molecule has 1 N–H and O–H groups in total. The molecule has 0 aliphatic carbocycles. The van der Waals surface area contributed by atoms with E-state index in [1.54, 1.807) is 18.2 Å². The van der Waals surface area contributed by atoms with E-state index in [0.29, 0.717) is 23.6 Å². The van der Waals surface area contributed by atoms with Crippen LogP contribution in [0, 0.1) is 0 Å². The third kappa shape index (κ3) is 6.37. The van der Waals surface area contributed by atoms with Crippen molar-refractivity contribution >= 4 is 21.6 Å². The van der Waals surface area contributed by atoms with Gasteiger partial charge >= 0.3 is 0 Å². The van der Waals surface area contributed by atoms with Gasteiger partial charge < -0.3 is 10.1 Å². The summed E-state index contributed by atoms with van der Waals surface area (Å²) >= 11 is 0. The molecule has 0 spiro atoms. The van der Waals surface area contributed by atoms with Crippen molar-refractivity contribution in [3.8, 4) is 11.5 Å². The van der Waals surface area contributed by atoms with Crippen LogP contribution in [0.25, 0.3) is 0 Å². The normalized spacial score (nSPS) is 12.6. The summed E-state index contributed by atoms with van der Waals surface area (Å²) in [7, 11) is -3.36. The first kappa shape index (κ1) is 20.9. The van der Waals surface area contributed by atoms with Crippen molar-refractivity contribution in [3.05, 3.63) is 54.6 Å². The van der Waals surface area contributed by atoms with Crippen LogP contribution in [0.4, 0.5) is 5.69 Å². The number of carbonyl (C=O) groups excluding carboxylic acids is 1. The van der Waals surface area contributed by atoms with Crippen LogP contribution in [-0.2, 0) is 14.8 Å². The summed E-state index contributed by atoms with van der Waals surface area (Å²) in [6, 6.07) is 16.3. The molecule has 1 unspecified atom stereocenters. The minimum Gasteiger partial charge on any atom is -0.455 e. The van der Waals surface area contributed by atoms with E-state index in [2.05, 4.69) is 5.32 Å². The standard InChI is InChI=1S/C20H26N2O4S/c1-4-16(2)22(27(3,24)25)15-14-20(23)21-18-12-8-9-13-19(18)26-17-10-6-5-7-11-17/h5-13,16H,4,14-15H2,1-3H3,(H,21,23). The molecule has 1 atom stereocenters. The van der Waals surface area contributed by atoms with E-state index >= 15 is 0 Å². The molecular weight excluding hydrogens is 364 g/mol. The molecule has 27 heavy (non-hydrogen) atoms. The lowest BCUT2D eigenvalue weighted by molar-refractivity contribution is -0.116. The zero-order valence-electron chi connectivity index (χ0n) is 15.9. The fourth-order valence-corrected chi connectivity index (χ4v) is 3.84. The van der Waals surface area contributed by atoms with E-state index in [1.807, 2.05) is 50.2 Å². The van der Waals surface area contributed by atoms with Gasteiger partial charge in [0, 0.05) is 19.0 Å². The molecule has 0 heterocycles. The summed E-state index contributed by atoms with van der Waals surface area (Å²) < 4.78 is 31.1. The molecule has 7 heteroatoms. The lowest BCUT2D eigenvalue weighted by atomic mass is 10.2. The Morgan fingerprint density at radius 2 is 1.74 bits per heavy atom. The van der Waals surface area contributed by atoms with Gasteiger partial charge in [0.25, 0.3) is 0 Å². The molecule has 0 radical (unpaired) electrons. The highest BCUT2D eigenvalue weighted by molar-refractivity contribution is 7.88. The summed E-state index contributed by atoms with van der Waals surface area (Å²) in [5.74, 6) is 0.925. The number of para-hydroxylation sites is 3. The Morgan fingerprint density at radius 1 is 1.11 bits per heavy atom. The van der Waals surface area contributed by atoms with Gasteiger partial charge in [0.05, 0.1) is 11.9 Å². The number of hydrogen-bond acceptors (Lipinski definition) is 4. The Hall–Kier alpha value is -2.38. The lowest BCUT2D eigenvalue weighted by Gasteiger charge is -2.25. The number of hydrogen-bond donors (Lipinski definition) is 1. The highest BCUT2D eigenvalue weighted by Crippen LogP contribution is 2.29. The van der Waals surface area contributed by atoms with Gasteiger partial charge in [0.1, 0.15) is 5.75 Å². The summed E-state index contributed by atoms with van der Waals surface area (Å²) in [6.45, 7) is 3.89. The average Bonchev–Trinajstić information content (AvgIpc) is 2.63. The van der Waals surface area contributed by atoms with Crippen LogP contribution >= 0.6 is 0 Å². The monoisotopic (exact) mass is 390 g/mol. The maximum Gasteiger partial charge on any atom is 0.225 e. The molecule has 0 bridgehead atoms. The Kier molecular flexibility index (Phi) is 7.38. The minimum atomic E-state index is -3.36. The second kappa shape index (κ2) is 9.53. The first-order valence-electron chi connectivity index (χ1n) is 8.90. The minimum absolute atomic E-state index is 0.0665. The quantitative estimate of drug-likeness (QED) is 0.705.